The van der Waals surface area contributed by atoms with Crippen LogP contribution in [0, 0.1) is 0 Å². The van der Waals surface area contributed by atoms with Crippen LogP contribution in [0.2, 0.25) is 0 Å². The molecular formula is C20H29N3O5. The molecule has 1 aromatic carbocycles. The number of carbonyl (C=O) groups is 4. The van der Waals surface area contributed by atoms with Crippen molar-refractivity contribution in [3.05, 3.63) is 29.8 Å². The molecule has 28 heavy (non-hydrogen) atoms. The van der Waals surface area contributed by atoms with Crippen molar-refractivity contribution in [2.75, 3.05) is 11.9 Å². The van der Waals surface area contributed by atoms with E-state index in [0.29, 0.717) is 12.2 Å². The van der Waals surface area contributed by atoms with Crippen LogP contribution in [0.4, 0.5) is 10.5 Å². The predicted molar refractivity (Wildman–Crippen MR) is 106 cm³/mol. The second-order valence-electron chi connectivity index (χ2n) is 7.40. The van der Waals surface area contributed by atoms with Crippen molar-refractivity contribution in [1.82, 2.24) is 10.6 Å². The van der Waals surface area contributed by atoms with E-state index in [1.54, 1.807) is 45.0 Å². The number of ether oxygens (including phenoxy) is 1. The zero-order valence-corrected chi connectivity index (χ0v) is 16.9. The van der Waals surface area contributed by atoms with E-state index < -0.39 is 11.7 Å². The minimum Gasteiger partial charge on any atom is -0.444 e. The summed E-state index contributed by atoms with van der Waals surface area (Å²) in [4.78, 5) is 45.9. The molecule has 1 rings (SSSR count). The van der Waals surface area contributed by atoms with Gasteiger partial charge in [-0.15, -0.1) is 0 Å². The third-order valence-corrected chi connectivity index (χ3v) is 3.45. The van der Waals surface area contributed by atoms with Gasteiger partial charge in [0.2, 0.25) is 11.8 Å². The van der Waals surface area contributed by atoms with Gasteiger partial charge in [-0.1, -0.05) is 12.1 Å². The number of benzene rings is 1. The fourth-order valence-corrected chi connectivity index (χ4v) is 2.10. The summed E-state index contributed by atoms with van der Waals surface area (Å²) in [6.45, 7) is 7.27. The fourth-order valence-electron chi connectivity index (χ4n) is 2.10. The third kappa shape index (κ3) is 10.9. The molecule has 0 aliphatic carbocycles. The molecule has 1 aromatic rings. The zero-order chi connectivity index (χ0) is 21.2. The van der Waals surface area contributed by atoms with Gasteiger partial charge in [0.1, 0.15) is 11.4 Å². The molecule has 0 aromatic heterocycles. The van der Waals surface area contributed by atoms with Crippen molar-refractivity contribution in [2.45, 2.75) is 59.1 Å². The molecule has 8 nitrogen and oxygen atoms in total. The van der Waals surface area contributed by atoms with E-state index in [2.05, 4.69) is 16.0 Å². The normalized spacial score (nSPS) is 10.7. The Balaban J connectivity index is 2.29. The Morgan fingerprint density at radius 1 is 0.893 bits per heavy atom. The van der Waals surface area contributed by atoms with Crippen LogP contribution in [-0.2, 0) is 25.7 Å². The lowest BCUT2D eigenvalue weighted by molar-refractivity contribution is -0.121. The van der Waals surface area contributed by atoms with Crippen molar-refractivity contribution >= 4 is 29.4 Å². The quantitative estimate of drug-likeness (QED) is 0.599. The van der Waals surface area contributed by atoms with Crippen molar-refractivity contribution < 1.29 is 23.9 Å². The number of nitrogens with one attached hydrogen (secondary N) is 3. The Morgan fingerprint density at radius 3 is 2.11 bits per heavy atom. The molecule has 0 spiro atoms. The molecule has 3 N–H and O–H groups in total. The smallest absolute Gasteiger partial charge is 0.407 e. The number of ketones is 1. The molecule has 0 saturated heterocycles. The Morgan fingerprint density at radius 2 is 1.54 bits per heavy atom. The Labute approximate surface area is 165 Å². The van der Waals surface area contributed by atoms with E-state index >= 15 is 0 Å². The predicted octanol–water partition coefficient (Wildman–Crippen LogP) is 2.53. The number of hydrogen-bond acceptors (Lipinski definition) is 5. The highest BCUT2D eigenvalue weighted by molar-refractivity contribution is 5.93. The molecule has 154 valence electrons. The van der Waals surface area contributed by atoms with Crippen molar-refractivity contribution in [3.8, 4) is 0 Å². The van der Waals surface area contributed by atoms with E-state index in [-0.39, 0.29) is 43.4 Å². The lowest BCUT2D eigenvalue weighted by Crippen LogP contribution is -2.35. The average molecular weight is 391 g/mol. The molecule has 0 heterocycles. The molecule has 0 unspecified atom stereocenters. The maximum absolute atomic E-state index is 11.8. The van der Waals surface area contributed by atoms with Crippen molar-refractivity contribution in [1.29, 1.82) is 0 Å². The summed E-state index contributed by atoms with van der Waals surface area (Å²) >= 11 is 0. The number of hydrogen-bond donors (Lipinski definition) is 3. The number of alkyl carbamates (subject to hydrolysis) is 1. The molecule has 0 radical (unpaired) electrons. The first-order valence-corrected chi connectivity index (χ1v) is 9.17. The molecular weight excluding hydrogens is 362 g/mol. The van der Waals surface area contributed by atoms with Gasteiger partial charge in [0.15, 0.2) is 0 Å². The van der Waals surface area contributed by atoms with Crippen LogP contribution in [0.5, 0.6) is 0 Å². The highest BCUT2D eigenvalue weighted by atomic mass is 16.6. The second-order valence-corrected chi connectivity index (χ2v) is 7.40. The number of amides is 3. The molecule has 3 amide bonds. The van der Waals surface area contributed by atoms with E-state index in [4.69, 9.17) is 4.74 Å². The highest BCUT2D eigenvalue weighted by Gasteiger charge is 2.15. The Bertz CT molecular complexity index is 693. The van der Waals surface area contributed by atoms with Gasteiger partial charge in [-0.25, -0.2) is 4.79 Å². The minimum absolute atomic E-state index is 0.0254. The van der Waals surface area contributed by atoms with Crippen LogP contribution in [0.15, 0.2) is 24.3 Å². The molecule has 8 heteroatoms. The number of carbonyl (C=O) groups excluding carboxylic acids is 4. The molecule has 0 aliphatic rings. The van der Waals surface area contributed by atoms with Crippen LogP contribution in [-0.4, -0.2) is 35.8 Å². The topological polar surface area (TPSA) is 114 Å². The standard InChI is InChI=1S/C20H29N3O5/c1-14(24)5-10-18(26)23-16-8-6-15(7-9-16)13-22-17(25)11-12-21-19(27)28-20(2,3)4/h6-9H,5,10-13H2,1-4H3,(H,21,27)(H,22,25)(H,23,26). The lowest BCUT2D eigenvalue weighted by Gasteiger charge is -2.19. The van der Waals surface area contributed by atoms with Gasteiger partial charge in [0.05, 0.1) is 0 Å². The lowest BCUT2D eigenvalue weighted by atomic mass is 10.2. The van der Waals surface area contributed by atoms with Gasteiger partial charge in [-0.05, 0) is 45.4 Å². The van der Waals surface area contributed by atoms with Crippen LogP contribution in [0.3, 0.4) is 0 Å². The first-order valence-electron chi connectivity index (χ1n) is 9.17. The number of Topliss-reactive ketones (excluding diaryl/α,β-unsaturated/α-hetero) is 1. The molecule has 0 atom stereocenters. The number of rotatable bonds is 9. The summed E-state index contributed by atoms with van der Waals surface area (Å²) in [5.74, 6) is -0.436. The van der Waals surface area contributed by atoms with E-state index in [1.165, 1.54) is 6.92 Å². The summed E-state index contributed by atoms with van der Waals surface area (Å²) in [5, 5.41) is 8.00. The van der Waals surface area contributed by atoms with Gasteiger partial charge in [0, 0.05) is 38.0 Å². The summed E-state index contributed by atoms with van der Waals surface area (Å²) < 4.78 is 5.09. The summed E-state index contributed by atoms with van der Waals surface area (Å²) in [6, 6.07) is 7.05. The van der Waals surface area contributed by atoms with Crippen LogP contribution < -0.4 is 16.0 Å². The van der Waals surface area contributed by atoms with Crippen molar-refractivity contribution in [3.63, 3.8) is 0 Å². The molecule has 0 fully saturated rings. The monoisotopic (exact) mass is 391 g/mol. The highest BCUT2D eigenvalue weighted by Crippen LogP contribution is 2.10. The SMILES string of the molecule is CC(=O)CCC(=O)Nc1ccc(CNC(=O)CCNC(=O)OC(C)(C)C)cc1. The largest absolute Gasteiger partial charge is 0.444 e. The maximum atomic E-state index is 11.8. The molecule has 0 bridgehead atoms. The van der Waals surface area contributed by atoms with E-state index in [9.17, 15) is 19.2 Å². The fraction of sp³-hybridized carbons (Fsp3) is 0.500. The summed E-state index contributed by atoms with van der Waals surface area (Å²) in [7, 11) is 0. The minimum atomic E-state index is -0.578. The maximum Gasteiger partial charge on any atom is 0.407 e. The molecule has 0 saturated carbocycles. The average Bonchev–Trinajstić information content (AvgIpc) is 2.58. The van der Waals surface area contributed by atoms with Crippen molar-refractivity contribution in [2.24, 2.45) is 0 Å². The number of anilines is 1. The van der Waals surface area contributed by atoms with Gasteiger partial charge in [-0.2, -0.15) is 0 Å². The van der Waals surface area contributed by atoms with Gasteiger partial charge in [-0.3, -0.25) is 9.59 Å². The summed E-state index contributed by atoms with van der Waals surface area (Å²) in [5.41, 5.74) is 0.922. The third-order valence-electron chi connectivity index (χ3n) is 3.45. The Kier molecular flexibility index (Phi) is 9.14. The van der Waals surface area contributed by atoms with E-state index in [1.807, 2.05) is 0 Å². The zero-order valence-electron chi connectivity index (χ0n) is 16.9. The van der Waals surface area contributed by atoms with Gasteiger partial charge < -0.3 is 25.5 Å². The van der Waals surface area contributed by atoms with Gasteiger partial charge in [0.25, 0.3) is 0 Å². The van der Waals surface area contributed by atoms with E-state index in [0.717, 1.165) is 5.56 Å². The molecule has 0 aliphatic heterocycles. The van der Waals surface area contributed by atoms with Crippen LogP contribution >= 0.6 is 0 Å². The Hall–Kier alpha value is -2.90. The first kappa shape index (κ1) is 23.1. The second kappa shape index (κ2) is 11.1. The first-order chi connectivity index (χ1) is 13.0. The van der Waals surface area contributed by atoms with Crippen LogP contribution in [0.25, 0.3) is 0 Å². The van der Waals surface area contributed by atoms with Crippen LogP contribution in [0.1, 0.15) is 52.5 Å². The van der Waals surface area contributed by atoms with Gasteiger partial charge >= 0.3 is 6.09 Å². The summed E-state index contributed by atoms with van der Waals surface area (Å²) in [6.07, 6.45) is -0.0338.